The topological polar surface area (TPSA) is 85.8 Å². The Morgan fingerprint density at radius 3 is 2.47 bits per heavy atom. The molecule has 4 rings (SSSR count). The van der Waals surface area contributed by atoms with Crippen molar-refractivity contribution in [3.8, 4) is 11.3 Å². The van der Waals surface area contributed by atoms with Crippen molar-refractivity contribution >= 4 is 41.8 Å². The van der Waals surface area contributed by atoms with Crippen LogP contribution in [-0.4, -0.2) is 32.8 Å². The van der Waals surface area contributed by atoms with Gasteiger partial charge in [0.15, 0.2) is 5.65 Å². The number of halogens is 2. The molecule has 6 nitrogen and oxygen atoms in total. The molecule has 8 heteroatoms. The fraction of sp³-hybridized carbons (Fsp3) is 0.409. The van der Waals surface area contributed by atoms with E-state index in [1.165, 1.54) is 0 Å². The van der Waals surface area contributed by atoms with Crippen LogP contribution in [0.15, 0.2) is 42.6 Å². The normalized spacial score (nSPS) is 14.9. The first-order chi connectivity index (χ1) is 13.5. The lowest BCUT2D eigenvalue weighted by Gasteiger charge is -2.29. The van der Waals surface area contributed by atoms with Gasteiger partial charge >= 0.3 is 0 Å². The van der Waals surface area contributed by atoms with E-state index in [9.17, 15) is 4.79 Å². The second-order valence-electron chi connectivity index (χ2n) is 7.99. The van der Waals surface area contributed by atoms with Gasteiger partial charge in [0.2, 0.25) is 0 Å². The first-order valence-corrected chi connectivity index (χ1v) is 9.99. The lowest BCUT2D eigenvalue weighted by Crippen LogP contribution is -2.51. The Hall–Kier alpha value is -2.15. The predicted molar refractivity (Wildman–Crippen MR) is 126 cm³/mol. The molecule has 0 unspecified atom stereocenters. The van der Waals surface area contributed by atoms with E-state index in [1.54, 1.807) is 6.20 Å². The van der Waals surface area contributed by atoms with Crippen LogP contribution in [-0.2, 0) is 0 Å². The highest BCUT2D eigenvalue weighted by Crippen LogP contribution is 2.31. The van der Waals surface area contributed by atoms with E-state index in [4.69, 9.17) is 10.7 Å². The SMILES string of the molecule is CC(C)n1ncc2c(C(=O)NC3(CN)CCCC3)cc(-c3ccccc3)nc21.Cl.Cl. The molecule has 0 radical (unpaired) electrons. The summed E-state index contributed by atoms with van der Waals surface area (Å²) in [6.07, 6.45) is 5.81. The maximum Gasteiger partial charge on any atom is 0.252 e. The number of carbonyl (C=O) groups is 1. The second-order valence-corrected chi connectivity index (χ2v) is 7.99. The monoisotopic (exact) mass is 449 g/mol. The van der Waals surface area contributed by atoms with Gasteiger partial charge in [-0.25, -0.2) is 9.67 Å². The second kappa shape index (κ2) is 9.77. The number of amides is 1. The average Bonchev–Trinajstić information content (AvgIpc) is 3.35. The highest BCUT2D eigenvalue weighted by molar-refractivity contribution is 6.06. The molecule has 3 aromatic rings. The minimum atomic E-state index is -0.298. The van der Waals surface area contributed by atoms with Gasteiger partial charge in [-0.05, 0) is 32.8 Å². The first kappa shape index (κ1) is 24.1. The van der Waals surface area contributed by atoms with Crippen LogP contribution in [0.4, 0.5) is 0 Å². The van der Waals surface area contributed by atoms with Crippen LogP contribution in [0, 0.1) is 0 Å². The zero-order valence-electron chi connectivity index (χ0n) is 17.3. The van der Waals surface area contributed by atoms with Crippen molar-refractivity contribution in [1.82, 2.24) is 20.1 Å². The number of nitrogens with one attached hydrogen (secondary N) is 1. The number of nitrogens with zero attached hydrogens (tertiary/aromatic N) is 3. The Morgan fingerprint density at radius 2 is 1.87 bits per heavy atom. The molecule has 1 aliphatic rings. The van der Waals surface area contributed by atoms with Crippen LogP contribution in [0.2, 0.25) is 0 Å². The molecule has 0 bridgehead atoms. The van der Waals surface area contributed by atoms with Crippen molar-refractivity contribution in [2.24, 2.45) is 5.73 Å². The lowest BCUT2D eigenvalue weighted by molar-refractivity contribution is 0.0905. The number of fused-ring (bicyclic) bond motifs is 1. The Morgan fingerprint density at radius 1 is 1.20 bits per heavy atom. The molecule has 162 valence electrons. The quantitative estimate of drug-likeness (QED) is 0.598. The summed E-state index contributed by atoms with van der Waals surface area (Å²) in [5.41, 5.74) is 8.82. The van der Waals surface area contributed by atoms with Gasteiger partial charge in [0.1, 0.15) is 0 Å². The summed E-state index contributed by atoms with van der Waals surface area (Å²) in [5, 5.41) is 8.50. The van der Waals surface area contributed by atoms with Gasteiger partial charge in [0.05, 0.1) is 28.4 Å². The molecular formula is C22H29Cl2N5O. The number of nitrogens with two attached hydrogens (primary N) is 1. The molecular weight excluding hydrogens is 421 g/mol. The minimum absolute atomic E-state index is 0. The van der Waals surface area contributed by atoms with Crippen LogP contribution < -0.4 is 11.1 Å². The summed E-state index contributed by atoms with van der Waals surface area (Å²) in [4.78, 5) is 18.1. The third-order valence-corrected chi connectivity index (χ3v) is 5.70. The summed E-state index contributed by atoms with van der Waals surface area (Å²) in [5.74, 6) is -0.0970. The van der Waals surface area contributed by atoms with E-state index < -0.39 is 0 Å². The summed E-state index contributed by atoms with van der Waals surface area (Å²) in [6, 6.07) is 12.0. The number of rotatable bonds is 5. The smallest absolute Gasteiger partial charge is 0.252 e. The molecule has 1 amide bonds. The van der Waals surface area contributed by atoms with Crippen LogP contribution in [0.1, 0.15) is 55.9 Å². The number of aromatic nitrogens is 3. The lowest BCUT2D eigenvalue weighted by atomic mass is 9.96. The fourth-order valence-corrected chi connectivity index (χ4v) is 4.08. The maximum absolute atomic E-state index is 13.3. The standard InChI is InChI=1S/C22H27N5O.2ClH/c1-15(2)27-20-18(13-24-27)17(12-19(25-20)16-8-4-3-5-9-16)21(28)26-22(14-23)10-6-7-11-22;;/h3-5,8-9,12-13,15H,6-7,10-11,14,23H2,1-2H3,(H,26,28);2*1H. The number of hydrogen-bond donors (Lipinski definition) is 2. The molecule has 0 atom stereocenters. The van der Waals surface area contributed by atoms with Crippen molar-refractivity contribution in [2.75, 3.05) is 6.54 Å². The van der Waals surface area contributed by atoms with Gasteiger partial charge in [0, 0.05) is 18.2 Å². The number of carbonyl (C=O) groups excluding carboxylic acids is 1. The Labute approximate surface area is 189 Å². The van der Waals surface area contributed by atoms with Gasteiger partial charge < -0.3 is 11.1 Å². The molecule has 1 aliphatic carbocycles. The van der Waals surface area contributed by atoms with Crippen molar-refractivity contribution in [2.45, 2.75) is 51.1 Å². The predicted octanol–water partition coefficient (Wildman–Crippen LogP) is 4.52. The largest absolute Gasteiger partial charge is 0.345 e. The zero-order valence-corrected chi connectivity index (χ0v) is 18.9. The average molecular weight is 450 g/mol. The van der Waals surface area contributed by atoms with Gasteiger partial charge in [-0.3, -0.25) is 4.79 Å². The molecule has 2 aromatic heterocycles. The van der Waals surface area contributed by atoms with E-state index in [1.807, 2.05) is 41.1 Å². The zero-order chi connectivity index (χ0) is 19.7. The Kier molecular flexibility index (Phi) is 7.86. The molecule has 0 aliphatic heterocycles. The summed E-state index contributed by atoms with van der Waals surface area (Å²) in [6.45, 7) is 4.58. The van der Waals surface area contributed by atoms with Crippen LogP contribution >= 0.6 is 24.8 Å². The molecule has 1 saturated carbocycles. The highest BCUT2D eigenvalue weighted by Gasteiger charge is 2.34. The molecule has 1 aromatic carbocycles. The first-order valence-electron chi connectivity index (χ1n) is 9.99. The third kappa shape index (κ3) is 4.46. The van der Waals surface area contributed by atoms with Crippen LogP contribution in [0.25, 0.3) is 22.3 Å². The summed E-state index contributed by atoms with van der Waals surface area (Å²) in [7, 11) is 0. The molecule has 1 fully saturated rings. The van der Waals surface area contributed by atoms with E-state index in [0.717, 1.165) is 48.0 Å². The van der Waals surface area contributed by atoms with Crippen molar-refractivity contribution in [3.63, 3.8) is 0 Å². The van der Waals surface area contributed by atoms with Gasteiger partial charge in [-0.15, -0.1) is 24.8 Å². The molecule has 0 saturated heterocycles. The van der Waals surface area contributed by atoms with E-state index in [-0.39, 0.29) is 42.3 Å². The summed E-state index contributed by atoms with van der Waals surface area (Å²) < 4.78 is 1.87. The number of benzene rings is 1. The van der Waals surface area contributed by atoms with Crippen molar-refractivity contribution in [1.29, 1.82) is 0 Å². The van der Waals surface area contributed by atoms with Crippen molar-refractivity contribution in [3.05, 3.63) is 48.2 Å². The number of hydrogen-bond acceptors (Lipinski definition) is 4. The van der Waals surface area contributed by atoms with Gasteiger partial charge in [0.25, 0.3) is 5.91 Å². The van der Waals surface area contributed by atoms with E-state index >= 15 is 0 Å². The van der Waals surface area contributed by atoms with Crippen LogP contribution in [0.5, 0.6) is 0 Å². The van der Waals surface area contributed by atoms with Gasteiger partial charge in [-0.1, -0.05) is 43.2 Å². The van der Waals surface area contributed by atoms with Crippen molar-refractivity contribution < 1.29 is 4.79 Å². The molecule has 0 spiro atoms. The Balaban J connectivity index is 0.00000160. The fourth-order valence-electron chi connectivity index (χ4n) is 4.08. The highest BCUT2D eigenvalue weighted by atomic mass is 35.5. The maximum atomic E-state index is 13.3. The summed E-state index contributed by atoms with van der Waals surface area (Å²) >= 11 is 0. The third-order valence-electron chi connectivity index (χ3n) is 5.70. The van der Waals surface area contributed by atoms with Crippen LogP contribution in [0.3, 0.4) is 0 Å². The minimum Gasteiger partial charge on any atom is -0.345 e. The van der Waals surface area contributed by atoms with E-state index in [2.05, 4.69) is 24.3 Å². The van der Waals surface area contributed by atoms with Gasteiger partial charge in [-0.2, -0.15) is 5.10 Å². The number of pyridine rings is 1. The molecule has 2 heterocycles. The van der Waals surface area contributed by atoms with E-state index in [0.29, 0.717) is 12.1 Å². The molecule has 3 N–H and O–H groups in total. The Bertz CT molecular complexity index is 997. The molecule has 30 heavy (non-hydrogen) atoms.